The third-order valence-electron chi connectivity index (χ3n) is 2.28. The van der Waals surface area contributed by atoms with Gasteiger partial charge in [0, 0.05) is 10.6 Å². The molecular formula is C13H9F2NOS. The Labute approximate surface area is 108 Å². The van der Waals surface area contributed by atoms with Gasteiger partial charge in [-0.05, 0) is 36.4 Å². The minimum atomic E-state index is -0.651. The van der Waals surface area contributed by atoms with Gasteiger partial charge in [0.1, 0.15) is 11.6 Å². The first-order valence-electron chi connectivity index (χ1n) is 5.12. The minimum Gasteiger partial charge on any atom is -0.322 e. The normalized spacial score (nSPS) is 10.2. The number of hydrogen-bond acceptors (Lipinski definition) is 2. The summed E-state index contributed by atoms with van der Waals surface area (Å²) in [4.78, 5) is 12.3. The monoisotopic (exact) mass is 265 g/mol. The van der Waals surface area contributed by atoms with E-state index in [1.165, 1.54) is 30.3 Å². The van der Waals surface area contributed by atoms with E-state index in [4.69, 9.17) is 0 Å². The van der Waals surface area contributed by atoms with Crippen LogP contribution in [0.2, 0.25) is 0 Å². The summed E-state index contributed by atoms with van der Waals surface area (Å²) in [6, 6.07) is 9.29. The van der Waals surface area contributed by atoms with Crippen molar-refractivity contribution in [3.63, 3.8) is 0 Å². The van der Waals surface area contributed by atoms with E-state index in [0.29, 0.717) is 4.90 Å². The van der Waals surface area contributed by atoms with Crippen LogP contribution in [0.5, 0.6) is 0 Å². The maximum absolute atomic E-state index is 13.4. The fourth-order valence-electron chi connectivity index (χ4n) is 1.45. The Bertz CT molecular complexity index is 601. The maximum Gasteiger partial charge on any atom is 0.258 e. The predicted octanol–water partition coefficient (Wildman–Crippen LogP) is 3.51. The highest BCUT2D eigenvalue weighted by Crippen LogP contribution is 2.16. The summed E-state index contributed by atoms with van der Waals surface area (Å²) in [6.07, 6.45) is 0. The van der Waals surface area contributed by atoms with Gasteiger partial charge in [-0.15, -0.1) is 12.6 Å². The SMILES string of the molecule is O=C(Nc1cccc(F)c1)c1cc(S)ccc1F. The average molecular weight is 265 g/mol. The zero-order valence-corrected chi connectivity index (χ0v) is 10.0. The van der Waals surface area contributed by atoms with E-state index in [2.05, 4.69) is 17.9 Å². The van der Waals surface area contributed by atoms with E-state index in [-0.39, 0.29) is 11.3 Å². The minimum absolute atomic E-state index is 0.133. The Kier molecular flexibility index (Phi) is 3.62. The van der Waals surface area contributed by atoms with Crippen LogP contribution in [0.1, 0.15) is 10.4 Å². The van der Waals surface area contributed by atoms with Crippen molar-refractivity contribution >= 4 is 24.2 Å². The highest BCUT2D eigenvalue weighted by Gasteiger charge is 2.12. The number of thiol groups is 1. The molecule has 1 amide bonds. The molecule has 0 aliphatic rings. The molecule has 0 heterocycles. The number of carbonyl (C=O) groups excluding carboxylic acids is 1. The van der Waals surface area contributed by atoms with E-state index >= 15 is 0 Å². The smallest absolute Gasteiger partial charge is 0.258 e. The quantitative estimate of drug-likeness (QED) is 0.799. The topological polar surface area (TPSA) is 29.1 Å². The number of anilines is 1. The fraction of sp³-hybridized carbons (Fsp3) is 0. The van der Waals surface area contributed by atoms with Crippen molar-refractivity contribution in [1.29, 1.82) is 0 Å². The lowest BCUT2D eigenvalue weighted by molar-refractivity contribution is 0.102. The lowest BCUT2D eigenvalue weighted by Crippen LogP contribution is -2.13. The lowest BCUT2D eigenvalue weighted by Gasteiger charge is -2.06. The average Bonchev–Trinajstić information content (AvgIpc) is 2.32. The molecule has 0 saturated heterocycles. The molecule has 1 N–H and O–H groups in total. The molecule has 0 aliphatic carbocycles. The third kappa shape index (κ3) is 2.87. The van der Waals surface area contributed by atoms with Crippen LogP contribution in [0.4, 0.5) is 14.5 Å². The van der Waals surface area contributed by atoms with Crippen molar-refractivity contribution in [2.24, 2.45) is 0 Å². The molecule has 2 rings (SSSR count). The van der Waals surface area contributed by atoms with Gasteiger partial charge in [-0.25, -0.2) is 8.78 Å². The summed E-state index contributed by atoms with van der Waals surface area (Å²) in [7, 11) is 0. The number of nitrogens with one attached hydrogen (secondary N) is 1. The van der Waals surface area contributed by atoms with Gasteiger partial charge >= 0.3 is 0 Å². The molecule has 0 unspecified atom stereocenters. The Morgan fingerprint density at radius 3 is 2.61 bits per heavy atom. The molecule has 5 heteroatoms. The fourth-order valence-corrected chi connectivity index (χ4v) is 1.66. The number of hydrogen-bond donors (Lipinski definition) is 2. The van der Waals surface area contributed by atoms with E-state index in [0.717, 1.165) is 12.1 Å². The molecule has 0 aliphatic heterocycles. The number of benzene rings is 2. The summed E-state index contributed by atoms with van der Waals surface area (Å²) >= 11 is 4.03. The molecule has 2 aromatic carbocycles. The van der Waals surface area contributed by atoms with Crippen molar-refractivity contribution in [1.82, 2.24) is 0 Å². The zero-order valence-electron chi connectivity index (χ0n) is 9.15. The van der Waals surface area contributed by atoms with Crippen LogP contribution >= 0.6 is 12.6 Å². The van der Waals surface area contributed by atoms with E-state index < -0.39 is 17.5 Å². The van der Waals surface area contributed by atoms with Gasteiger partial charge < -0.3 is 5.32 Å². The van der Waals surface area contributed by atoms with Crippen LogP contribution < -0.4 is 5.32 Å². The van der Waals surface area contributed by atoms with Gasteiger partial charge in [0.05, 0.1) is 5.56 Å². The third-order valence-corrected chi connectivity index (χ3v) is 2.56. The molecule has 2 nitrogen and oxygen atoms in total. The molecule has 92 valence electrons. The van der Waals surface area contributed by atoms with Crippen LogP contribution in [0.3, 0.4) is 0 Å². The van der Waals surface area contributed by atoms with Gasteiger partial charge in [0.2, 0.25) is 0 Å². The van der Waals surface area contributed by atoms with Crippen LogP contribution in [-0.4, -0.2) is 5.91 Å². The Morgan fingerprint density at radius 2 is 1.89 bits per heavy atom. The van der Waals surface area contributed by atoms with Gasteiger partial charge in [-0.3, -0.25) is 4.79 Å². The molecule has 2 aromatic rings. The second-order valence-corrected chi connectivity index (χ2v) is 4.15. The Morgan fingerprint density at radius 1 is 1.11 bits per heavy atom. The molecule has 0 radical (unpaired) electrons. The van der Waals surface area contributed by atoms with E-state index in [1.807, 2.05) is 0 Å². The number of amides is 1. The highest BCUT2D eigenvalue weighted by atomic mass is 32.1. The molecule has 0 spiro atoms. The van der Waals surface area contributed by atoms with Crippen molar-refractivity contribution in [3.8, 4) is 0 Å². The molecule has 0 bridgehead atoms. The first-order valence-corrected chi connectivity index (χ1v) is 5.56. The predicted molar refractivity (Wildman–Crippen MR) is 68.0 cm³/mol. The first-order chi connectivity index (χ1) is 8.56. The van der Waals surface area contributed by atoms with E-state index in [1.54, 1.807) is 0 Å². The van der Waals surface area contributed by atoms with Crippen molar-refractivity contribution < 1.29 is 13.6 Å². The molecule has 0 atom stereocenters. The largest absolute Gasteiger partial charge is 0.322 e. The molecule has 0 saturated carbocycles. The Balaban J connectivity index is 2.24. The molecular weight excluding hydrogens is 256 g/mol. The van der Waals surface area contributed by atoms with Crippen molar-refractivity contribution in [2.75, 3.05) is 5.32 Å². The van der Waals surface area contributed by atoms with Crippen LogP contribution in [-0.2, 0) is 0 Å². The molecule has 18 heavy (non-hydrogen) atoms. The Hall–Kier alpha value is -1.88. The number of rotatable bonds is 2. The van der Waals surface area contributed by atoms with Gasteiger partial charge in [0.15, 0.2) is 0 Å². The number of halogens is 2. The van der Waals surface area contributed by atoms with Gasteiger partial charge in [-0.1, -0.05) is 6.07 Å². The summed E-state index contributed by atoms with van der Waals surface area (Å²) in [5.74, 6) is -1.77. The second kappa shape index (κ2) is 5.18. The molecule has 0 aromatic heterocycles. The summed E-state index contributed by atoms with van der Waals surface area (Å²) in [6.45, 7) is 0. The summed E-state index contributed by atoms with van der Waals surface area (Å²) < 4.78 is 26.4. The van der Waals surface area contributed by atoms with E-state index in [9.17, 15) is 13.6 Å². The summed E-state index contributed by atoms with van der Waals surface area (Å²) in [5.41, 5.74) is 0.135. The van der Waals surface area contributed by atoms with Crippen LogP contribution in [0.15, 0.2) is 47.4 Å². The van der Waals surface area contributed by atoms with Gasteiger partial charge in [0.25, 0.3) is 5.91 Å². The second-order valence-electron chi connectivity index (χ2n) is 3.63. The highest BCUT2D eigenvalue weighted by molar-refractivity contribution is 7.80. The standard InChI is InChI=1S/C13H9F2NOS/c14-8-2-1-3-9(6-8)16-13(17)11-7-10(18)4-5-12(11)15/h1-7,18H,(H,16,17). The van der Waals surface area contributed by atoms with Crippen molar-refractivity contribution in [2.45, 2.75) is 4.90 Å². The lowest BCUT2D eigenvalue weighted by atomic mass is 10.2. The van der Waals surface area contributed by atoms with Gasteiger partial charge in [-0.2, -0.15) is 0 Å². The van der Waals surface area contributed by atoms with Crippen molar-refractivity contribution in [3.05, 3.63) is 59.7 Å². The zero-order chi connectivity index (χ0) is 13.1. The number of carbonyl (C=O) groups is 1. The summed E-state index contributed by atoms with van der Waals surface area (Å²) in [5, 5.41) is 2.41. The molecule has 0 fully saturated rings. The first kappa shape index (κ1) is 12.6. The van der Waals surface area contributed by atoms with Crippen LogP contribution in [0.25, 0.3) is 0 Å². The van der Waals surface area contributed by atoms with Crippen LogP contribution in [0, 0.1) is 11.6 Å². The maximum atomic E-state index is 13.4.